The average Bonchev–Trinajstić information content (AvgIpc) is 2.86. The molecule has 0 aromatic heterocycles. The fraction of sp³-hybridized carbons (Fsp3) is 0.333. The molecule has 0 saturated carbocycles. The Bertz CT molecular complexity index is 1420. The molecule has 0 saturated heterocycles. The Morgan fingerprint density at radius 1 is 0.875 bits per heavy atom. The van der Waals surface area contributed by atoms with Crippen LogP contribution in [0.15, 0.2) is 66.7 Å². The Morgan fingerprint density at radius 2 is 1.43 bits per heavy atom. The van der Waals surface area contributed by atoms with Crippen molar-refractivity contribution in [3.8, 4) is 0 Å². The number of benzene rings is 3. The van der Waals surface area contributed by atoms with E-state index in [4.69, 9.17) is 23.2 Å². The quantitative estimate of drug-likeness (QED) is 0.312. The number of halogens is 2. The summed E-state index contributed by atoms with van der Waals surface area (Å²) in [5.74, 6) is -0.933. The maximum atomic E-state index is 14.2. The fourth-order valence-electron chi connectivity index (χ4n) is 4.56. The Kier molecular flexibility index (Phi) is 10.6. The van der Waals surface area contributed by atoms with Crippen LogP contribution in [0.5, 0.6) is 0 Å². The first-order valence-electron chi connectivity index (χ1n) is 12.9. The number of anilines is 1. The zero-order valence-corrected chi connectivity index (χ0v) is 25.6. The van der Waals surface area contributed by atoms with Gasteiger partial charge in [0.15, 0.2) is 0 Å². The molecule has 0 radical (unpaired) electrons. The molecule has 0 aliphatic rings. The highest BCUT2D eigenvalue weighted by molar-refractivity contribution is 7.92. The number of nitrogens with zero attached hydrogens (tertiary/aromatic N) is 2. The number of hydrogen-bond donors (Lipinski definition) is 1. The highest BCUT2D eigenvalue weighted by atomic mass is 35.5. The largest absolute Gasteiger partial charge is 0.352 e. The van der Waals surface area contributed by atoms with E-state index in [-0.39, 0.29) is 24.9 Å². The van der Waals surface area contributed by atoms with Gasteiger partial charge in [-0.2, -0.15) is 0 Å². The van der Waals surface area contributed by atoms with Crippen LogP contribution in [0.4, 0.5) is 5.69 Å². The minimum Gasteiger partial charge on any atom is -0.352 e. The topological polar surface area (TPSA) is 86.8 Å². The zero-order valence-electron chi connectivity index (χ0n) is 23.3. The second kappa shape index (κ2) is 13.5. The summed E-state index contributed by atoms with van der Waals surface area (Å²) in [5, 5.41) is 3.59. The molecular weight excluding hydrogens is 569 g/mol. The molecule has 10 heteroatoms. The van der Waals surface area contributed by atoms with Gasteiger partial charge in [-0.05, 0) is 56.5 Å². The normalized spacial score (nSPS) is 12.2. The van der Waals surface area contributed by atoms with Gasteiger partial charge >= 0.3 is 0 Å². The van der Waals surface area contributed by atoms with Crippen LogP contribution in [0.1, 0.15) is 36.1 Å². The lowest BCUT2D eigenvalue weighted by Crippen LogP contribution is -2.54. The number of hydrogen-bond acceptors (Lipinski definition) is 4. The van der Waals surface area contributed by atoms with Crippen molar-refractivity contribution in [3.05, 3.63) is 99.0 Å². The molecule has 3 aromatic rings. The molecule has 0 spiro atoms. The summed E-state index contributed by atoms with van der Waals surface area (Å²) in [6, 6.07) is 18.6. The molecular formula is C30H35Cl2N3O4S. The third-order valence-electron chi connectivity index (χ3n) is 6.46. The molecule has 1 N–H and O–H groups in total. The molecule has 214 valence electrons. The predicted molar refractivity (Wildman–Crippen MR) is 162 cm³/mol. The van der Waals surface area contributed by atoms with Gasteiger partial charge in [0.05, 0.1) is 11.9 Å². The summed E-state index contributed by atoms with van der Waals surface area (Å²) < 4.78 is 27.2. The third kappa shape index (κ3) is 7.99. The maximum Gasteiger partial charge on any atom is 0.244 e. The molecule has 2 amide bonds. The van der Waals surface area contributed by atoms with Gasteiger partial charge in [0.25, 0.3) is 0 Å². The van der Waals surface area contributed by atoms with Crippen molar-refractivity contribution in [2.24, 2.45) is 0 Å². The molecule has 7 nitrogen and oxygen atoms in total. The van der Waals surface area contributed by atoms with Crippen LogP contribution in [0.2, 0.25) is 10.0 Å². The van der Waals surface area contributed by atoms with Crippen LogP contribution < -0.4 is 9.62 Å². The summed E-state index contributed by atoms with van der Waals surface area (Å²) in [5.41, 5.74) is 3.15. The SMILES string of the molecule is Cc1cccc(C)c1N(CC(=O)N(Cc1c(Cl)cccc1Cl)[C@@H](Cc1ccccc1)C(=O)NC(C)C)S(C)(=O)=O. The van der Waals surface area contributed by atoms with E-state index < -0.39 is 28.5 Å². The Labute approximate surface area is 247 Å². The van der Waals surface area contributed by atoms with Crippen molar-refractivity contribution in [2.45, 2.75) is 52.7 Å². The molecule has 0 unspecified atom stereocenters. The van der Waals surface area contributed by atoms with Gasteiger partial charge < -0.3 is 10.2 Å². The first kappa shape index (κ1) is 31.5. The first-order chi connectivity index (χ1) is 18.8. The summed E-state index contributed by atoms with van der Waals surface area (Å²) in [7, 11) is -3.87. The zero-order chi connectivity index (χ0) is 29.6. The van der Waals surface area contributed by atoms with Gasteiger partial charge in [-0.1, -0.05) is 77.8 Å². The average molecular weight is 605 g/mol. The van der Waals surface area contributed by atoms with Gasteiger partial charge in [-0.25, -0.2) is 8.42 Å². The molecule has 0 heterocycles. The van der Waals surface area contributed by atoms with E-state index in [1.54, 1.807) is 44.2 Å². The monoisotopic (exact) mass is 603 g/mol. The number of sulfonamides is 1. The molecule has 3 rings (SSSR count). The van der Waals surface area contributed by atoms with Gasteiger partial charge in [-0.3, -0.25) is 13.9 Å². The van der Waals surface area contributed by atoms with Crippen LogP contribution >= 0.6 is 23.2 Å². The van der Waals surface area contributed by atoms with Crippen molar-refractivity contribution in [3.63, 3.8) is 0 Å². The van der Waals surface area contributed by atoms with Crippen molar-refractivity contribution < 1.29 is 18.0 Å². The van der Waals surface area contributed by atoms with E-state index in [1.165, 1.54) is 4.90 Å². The molecule has 0 fully saturated rings. The number of carbonyl (C=O) groups is 2. The second-order valence-electron chi connectivity index (χ2n) is 10.1. The van der Waals surface area contributed by atoms with Crippen molar-refractivity contribution in [2.75, 3.05) is 17.1 Å². The van der Waals surface area contributed by atoms with Crippen molar-refractivity contribution in [1.82, 2.24) is 10.2 Å². The van der Waals surface area contributed by atoms with E-state index in [0.29, 0.717) is 32.4 Å². The summed E-state index contributed by atoms with van der Waals surface area (Å²) >= 11 is 13.0. The van der Waals surface area contributed by atoms with Gasteiger partial charge in [0.1, 0.15) is 12.6 Å². The molecule has 0 aliphatic carbocycles. The van der Waals surface area contributed by atoms with E-state index in [9.17, 15) is 18.0 Å². The lowest BCUT2D eigenvalue weighted by molar-refractivity contribution is -0.140. The number of para-hydroxylation sites is 1. The molecule has 3 aromatic carbocycles. The number of rotatable bonds is 11. The van der Waals surface area contributed by atoms with Crippen molar-refractivity contribution in [1.29, 1.82) is 0 Å². The van der Waals surface area contributed by atoms with Gasteiger partial charge in [0, 0.05) is 34.6 Å². The van der Waals surface area contributed by atoms with Crippen LogP contribution in [0.25, 0.3) is 0 Å². The summed E-state index contributed by atoms with van der Waals surface area (Å²) in [4.78, 5) is 29.2. The molecule has 0 bridgehead atoms. The smallest absolute Gasteiger partial charge is 0.244 e. The van der Waals surface area contributed by atoms with Crippen LogP contribution in [0.3, 0.4) is 0 Å². The van der Waals surface area contributed by atoms with Crippen LogP contribution in [0, 0.1) is 13.8 Å². The lowest BCUT2D eigenvalue weighted by atomic mass is 10.0. The highest BCUT2D eigenvalue weighted by Crippen LogP contribution is 2.29. The Morgan fingerprint density at radius 3 is 1.95 bits per heavy atom. The van der Waals surface area contributed by atoms with E-state index in [1.807, 2.05) is 50.2 Å². The van der Waals surface area contributed by atoms with Crippen LogP contribution in [-0.4, -0.2) is 50.0 Å². The third-order valence-corrected chi connectivity index (χ3v) is 8.28. The Hall–Kier alpha value is -3.07. The summed E-state index contributed by atoms with van der Waals surface area (Å²) in [6.45, 7) is 6.65. The Balaban J connectivity index is 2.14. The van der Waals surface area contributed by atoms with E-state index >= 15 is 0 Å². The van der Waals surface area contributed by atoms with Crippen molar-refractivity contribution >= 4 is 50.7 Å². The molecule has 0 aliphatic heterocycles. The predicted octanol–water partition coefficient (Wildman–Crippen LogP) is 5.54. The number of aryl methyl sites for hydroxylation is 2. The minimum absolute atomic E-state index is 0.0925. The molecule has 40 heavy (non-hydrogen) atoms. The minimum atomic E-state index is -3.87. The van der Waals surface area contributed by atoms with Crippen LogP contribution in [-0.2, 0) is 32.6 Å². The maximum absolute atomic E-state index is 14.2. The molecule has 1 atom stereocenters. The number of nitrogens with one attached hydrogen (secondary N) is 1. The van der Waals surface area contributed by atoms with Gasteiger partial charge in [0.2, 0.25) is 21.8 Å². The lowest BCUT2D eigenvalue weighted by Gasteiger charge is -2.34. The fourth-order valence-corrected chi connectivity index (χ4v) is 6.04. The van der Waals surface area contributed by atoms with E-state index in [2.05, 4.69) is 5.32 Å². The number of carbonyl (C=O) groups excluding carboxylic acids is 2. The number of amides is 2. The summed E-state index contributed by atoms with van der Waals surface area (Å²) in [6.07, 6.45) is 1.27. The standard InChI is InChI=1S/C30H35Cl2N3O4S/c1-20(2)33-30(37)27(17-23-13-7-6-8-14-23)34(18-24-25(31)15-10-16-26(24)32)28(36)19-35(40(5,38)39)29-21(3)11-9-12-22(29)4/h6-16,20,27H,17-19H2,1-5H3,(H,33,37)/t27-/m0/s1. The van der Waals surface area contributed by atoms with Gasteiger partial charge in [-0.15, -0.1) is 0 Å². The second-order valence-corrected chi connectivity index (χ2v) is 12.8. The highest BCUT2D eigenvalue weighted by Gasteiger charge is 2.34. The van der Waals surface area contributed by atoms with E-state index in [0.717, 1.165) is 16.1 Å². The first-order valence-corrected chi connectivity index (χ1v) is 15.5.